The molecule has 3 rings (SSSR count). The lowest BCUT2D eigenvalue weighted by Crippen LogP contribution is -2.30. The Morgan fingerprint density at radius 3 is 2.66 bits per heavy atom. The van der Waals surface area contributed by atoms with E-state index in [2.05, 4.69) is 10.3 Å². The zero-order valence-corrected chi connectivity index (χ0v) is 16.2. The third-order valence-corrected chi connectivity index (χ3v) is 4.45. The minimum atomic E-state index is -1.14. The van der Waals surface area contributed by atoms with Gasteiger partial charge in [-0.25, -0.2) is 14.2 Å². The molecule has 29 heavy (non-hydrogen) atoms. The molecule has 1 N–H and O–H groups in total. The van der Waals surface area contributed by atoms with E-state index in [1.807, 2.05) is 6.92 Å². The standard InChI is InChI=1S/C21H20FN3O4/c1-4-25-18-10-9-14(11-17(18)23-12(2)20(25)27)21(28)29-13(3)19(26)24-16-8-6-5-7-15(16)22/h5-11,13H,4H2,1-3H3,(H,24,26)/t13-/m0/s1. The van der Waals surface area contributed by atoms with Gasteiger partial charge in [0.2, 0.25) is 0 Å². The summed E-state index contributed by atoms with van der Waals surface area (Å²) in [7, 11) is 0. The number of hydrogen-bond donors (Lipinski definition) is 1. The summed E-state index contributed by atoms with van der Waals surface area (Å²) < 4.78 is 20.4. The van der Waals surface area contributed by atoms with Gasteiger partial charge in [0.05, 0.1) is 22.3 Å². The quantitative estimate of drug-likeness (QED) is 0.669. The molecule has 0 aliphatic carbocycles. The average Bonchev–Trinajstić information content (AvgIpc) is 2.70. The molecule has 3 aromatic rings. The summed E-state index contributed by atoms with van der Waals surface area (Å²) in [4.78, 5) is 41.1. The molecule has 0 aliphatic heterocycles. The molecule has 0 fully saturated rings. The molecule has 2 aromatic carbocycles. The fourth-order valence-corrected chi connectivity index (χ4v) is 2.89. The number of aromatic nitrogens is 2. The van der Waals surface area contributed by atoms with Crippen molar-refractivity contribution >= 4 is 28.6 Å². The Bertz CT molecular complexity index is 1160. The van der Waals surface area contributed by atoms with Gasteiger partial charge in [-0.3, -0.25) is 9.59 Å². The summed E-state index contributed by atoms with van der Waals surface area (Å²) >= 11 is 0. The van der Waals surface area contributed by atoms with Crippen LogP contribution in [0.3, 0.4) is 0 Å². The molecule has 1 heterocycles. The van der Waals surface area contributed by atoms with Crippen molar-refractivity contribution in [2.24, 2.45) is 0 Å². The van der Waals surface area contributed by atoms with E-state index in [1.54, 1.807) is 23.6 Å². The number of rotatable bonds is 5. The summed E-state index contributed by atoms with van der Waals surface area (Å²) in [5.74, 6) is -1.97. The molecule has 0 unspecified atom stereocenters. The number of benzene rings is 2. The zero-order valence-electron chi connectivity index (χ0n) is 16.2. The lowest BCUT2D eigenvalue weighted by atomic mass is 10.2. The second kappa shape index (κ2) is 8.22. The summed E-state index contributed by atoms with van der Waals surface area (Å²) in [5, 5.41) is 2.38. The lowest BCUT2D eigenvalue weighted by Gasteiger charge is -2.14. The number of hydrogen-bond acceptors (Lipinski definition) is 5. The van der Waals surface area contributed by atoms with Crippen molar-refractivity contribution in [2.75, 3.05) is 5.32 Å². The van der Waals surface area contributed by atoms with Crippen molar-refractivity contribution in [1.29, 1.82) is 0 Å². The minimum Gasteiger partial charge on any atom is -0.449 e. The maximum atomic E-state index is 13.7. The van der Waals surface area contributed by atoms with Crippen molar-refractivity contribution in [2.45, 2.75) is 33.4 Å². The number of amides is 1. The second-order valence-corrected chi connectivity index (χ2v) is 6.47. The summed E-state index contributed by atoms with van der Waals surface area (Å²) in [6.07, 6.45) is -1.14. The van der Waals surface area contributed by atoms with Crippen LogP contribution in [0.5, 0.6) is 0 Å². The average molecular weight is 397 g/mol. The maximum Gasteiger partial charge on any atom is 0.338 e. The van der Waals surface area contributed by atoms with Gasteiger partial charge < -0.3 is 14.6 Å². The molecular weight excluding hydrogens is 377 g/mol. The molecule has 7 nitrogen and oxygen atoms in total. The molecule has 0 aliphatic rings. The van der Waals surface area contributed by atoms with E-state index in [0.29, 0.717) is 23.3 Å². The van der Waals surface area contributed by atoms with E-state index >= 15 is 0 Å². The fraction of sp³-hybridized carbons (Fsp3) is 0.238. The molecule has 0 radical (unpaired) electrons. The lowest BCUT2D eigenvalue weighted by molar-refractivity contribution is -0.123. The van der Waals surface area contributed by atoms with Crippen LogP contribution in [-0.4, -0.2) is 27.5 Å². The normalized spacial score (nSPS) is 11.9. The van der Waals surface area contributed by atoms with Crippen LogP contribution in [0.15, 0.2) is 47.3 Å². The van der Waals surface area contributed by atoms with Crippen molar-refractivity contribution < 1.29 is 18.7 Å². The van der Waals surface area contributed by atoms with Gasteiger partial charge >= 0.3 is 5.97 Å². The Balaban J connectivity index is 1.79. The van der Waals surface area contributed by atoms with E-state index in [0.717, 1.165) is 0 Å². The van der Waals surface area contributed by atoms with Gasteiger partial charge in [0.25, 0.3) is 11.5 Å². The Labute approximate surface area is 166 Å². The van der Waals surface area contributed by atoms with Gasteiger partial charge in [-0.05, 0) is 51.1 Å². The summed E-state index contributed by atoms with van der Waals surface area (Å²) in [6.45, 7) is 5.31. The van der Waals surface area contributed by atoms with Gasteiger partial charge in [-0.15, -0.1) is 0 Å². The molecule has 0 spiro atoms. The molecular formula is C21H20FN3O4. The monoisotopic (exact) mass is 397 g/mol. The third-order valence-electron chi connectivity index (χ3n) is 4.45. The fourth-order valence-electron chi connectivity index (χ4n) is 2.89. The largest absolute Gasteiger partial charge is 0.449 e. The molecule has 0 saturated heterocycles. The number of carbonyl (C=O) groups is 2. The first kappa shape index (κ1) is 20.2. The highest BCUT2D eigenvalue weighted by atomic mass is 19.1. The first-order valence-corrected chi connectivity index (χ1v) is 9.09. The number of aryl methyl sites for hydroxylation is 2. The number of para-hydroxylation sites is 1. The number of nitrogens with zero attached hydrogens (tertiary/aromatic N) is 2. The second-order valence-electron chi connectivity index (χ2n) is 6.47. The molecule has 8 heteroatoms. The van der Waals surface area contributed by atoms with Crippen LogP contribution in [0.4, 0.5) is 10.1 Å². The SMILES string of the molecule is CCn1c(=O)c(C)nc2cc(C(=O)O[C@@H](C)C(=O)Nc3ccccc3F)ccc21. The number of carbonyl (C=O) groups excluding carboxylic acids is 2. The van der Waals surface area contributed by atoms with E-state index in [4.69, 9.17) is 4.74 Å². The number of halogens is 1. The Morgan fingerprint density at radius 1 is 1.24 bits per heavy atom. The Morgan fingerprint density at radius 2 is 1.97 bits per heavy atom. The van der Waals surface area contributed by atoms with Crippen LogP contribution in [0, 0.1) is 12.7 Å². The number of esters is 1. The van der Waals surface area contributed by atoms with Crippen molar-refractivity contribution in [3.8, 4) is 0 Å². The highest BCUT2D eigenvalue weighted by Crippen LogP contribution is 2.16. The zero-order chi connectivity index (χ0) is 21.1. The number of nitrogens with one attached hydrogen (secondary N) is 1. The minimum absolute atomic E-state index is 0.00307. The number of anilines is 1. The van der Waals surface area contributed by atoms with Crippen LogP contribution in [0.2, 0.25) is 0 Å². The van der Waals surface area contributed by atoms with Crippen molar-refractivity contribution in [3.05, 3.63) is 69.9 Å². The van der Waals surface area contributed by atoms with Crippen LogP contribution < -0.4 is 10.9 Å². The topological polar surface area (TPSA) is 90.3 Å². The third kappa shape index (κ3) is 4.16. The smallest absolute Gasteiger partial charge is 0.338 e. The van der Waals surface area contributed by atoms with E-state index in [-0.39, 0.29) is 16.8 Å². The van der Waals surface area contributed by atoms with E-state index < -0.39 is 23.8 Å². The first-order chi connectivity index (χ1) is 13.8. The van der Waals surface area contributed by atoms with E-state index in [9.17, 15) is 18.8 Å². The molecule has 1 aromatic heterocycles. The van der Waals surface area contributed by atoms with Crippen LogP contribution in [0.1, 0.15) is 29.9 Å². The van der Waals surface area contributed by atoms with E-state index in [1.165, 1.54) is 37.3 Å². The Hall–Kier alpha value is -3.55. The molecule has 1 atom stereocenters. The van der Waals surface area contributed by atoms with Crippen molar-refractivity contribution in [3.63, 3.8) is 0 Å². The summed E-state index contributed by atoms with van der Waals surface area (Å²) in [6, 6.07) is 10.3. The van der Waals surface area contributed by atoms with Crippen LogP contribution in [-0.2, 0) is 16.1 Å². The number of ether oxygens (including phenoxy) is 1. The molecule has 0 saturated carbocycles. The highest BCUT2D eigenvalue weighted by molar-refractivity contribution is 5.98. The molecule has 150 valence electrons. The van der Waals surface area contributed by atoms with Crippen LogP contribution >= 0.6 is 0 Å². The van der Waals surface area contributed by atoms with Gasteiger partial charge in [-0.2, -0.15) is 0 Å². The molecule has 1 amide bonds. The predicted octanol–water partition coefficient (Wildman–Crippen LogP) is 3.05. The van der Waals surface area contributed by atoms with Gasteiger partial charge in [0.15, 0.2) is 6.10 Å². The predicted molar refractivity (Wildman–Crippen MR) is 106 cm³/mol. The van der Waals surface area contributed by atoms with Gasteiger partial charge in [-0.1, -0.05) is 12.1 Å². The first-order valence-electron chi connectivity index (χ1n) is 9.09. The maximum absolute atomic E-state index is 13.7. The van der Waals surface area contributed by atoms with Crippen molar-refractivity contribution in [1.82, 2.24) is 9.55 Å². The number of fused-ring (bicyclic) bond motifs is 1. The summed E-state index contributed by atoms with van der Waals surface area (Å²) in [5.41, 5.74) is 1.41. The Kier molecular flexibility index (Phi) is 5.72. The van der Waals surface area contributed by atoms with Gasteiger partial charge in [0, 0.05) is 6.54 Å². The highest BCUT2D eigenvalue weighted by Gasteiger charge is 2.20. The van der Waals surface area contributed by atoms with Gasteiger partial charge in [0.1, 0.15) is 11.5 Å². The molecule has 0 bridgehead atoms. The van der Waals surface area contributed by atoms with Crippen LogP contribution in [0.25, 0.3) is 11.0 Å².